The third-order valence-corrected chi connectivity index (χ3v) is 3.01. The molecular formula is C15H13ClN4. The molecule has 0 bridgehead atoms. The molecule has 1 N–H and O–H groups in total. The number of nitrogens with zero attached hydrogens (tertiary/aromatic N) is 3. The molecule has 0 heterocycles. The minimum Gasteiger partial charge on any atom is -0.344 e. The number of allylic oxidation sites excluding steroid dienone is 2. The molecule has 0 amide bonds. The molecule has 1 rings (SSSR count). The molecule has 0 saturated carbocycles. The molecule has 4 nitrogen and oxygen atoms in total. The standard InChI is InChI=1S/C15H13ClN4/c1-15(2,3)11-4-5-12(16)13(6-11)20-14(9-19)10(7-17)8-18/h4-6,20H,1-3H3. The fourth-order valence-electron chi connectivity index (χ4n) is 1.51. The van der Waals surface area contributed by atoms with Crippen molar-refractivity contribution in [3.8, 4) is 18.2 Å². The largest absolute Gasteiger partial charge is 0.344 e. The van der Waals surface area contributed by atoms with E-state index in [1.807, 2.05) is 12.1 Å². The molecule has 0 spiro atoms. The molecule has 0 aliphatic heterocycles. The minimum absolute atomic E-state index is 0.0785. The van der Waals surface area contributed by atoms with Crippen molar-refractivity contribution >= 4 is 17.3 Å². The molecule has 5 heteroatoms. The summed E-state index contributed by atoms with van der Waals surface area (Å²) in [6, 6.07) is 10.6. The SMILES string of the molecule is CC(C)(C)c1ccc(Cl)c(NC(C#N)=C(C#N)C#N)c1. The van der Waals surface area contributed by atoms with Crippen LogP contribution in [-0.4, -0.2) is 0 Å². The summed E-state index contributed by atoms with van der Waals surface area (Å²) in [7, 11) is 0. The van der Waals surface area contributed by atoms with Crippen LogP contribution in [0.3, 0.4) is 0 Å². The van der Waals surface area contributed by atoms with Gasteiger partial charge in [-0.1, -0.05) is 38.4 Å². The zero-order chi connectivity index (χ0) is 15.3. The van der Waals surface area contributed by atoms with Gasteiger partial charge in [0.2, 0.25) is 0 Å². The van der Waals surface area contributed by atoms with Gasteiger partial charge in [0, 0.05) is 0 Å². The summed E-state index contributed by atoms with van der Waals surface area (Å²) < 4.78 is 0. The summed E-state index contributed by atoms with van der Waals surface area (Å²) in [5.74, 6) is 0. The maximum atomic E-state index is 9.02. The van der Waals surface area contributed by atoms with Gasteiger partial charge in [-0.25, -0.2) is 0 Å². The maximum absolute atomic E-state index is 9.02. The van der Waals surface area contributed by atoms with Gasteiger partial charge < -0.3 is 5.32 Å². The fraction of sp³-hybridized carbons (Fsp3) is 0.267. The van der Waals surface area contributed by atoms with Crippen LogP contribution in [0.15, 0.2) is 29.5 Å². The highest BCUT2D eigenvalue weighted by atomic mass is 35.5. The molecule has 0 unspecified atom stereocenters. The van der Waals surface area contributed by atoms with E-state index >= 15 is 0 Å². The lowest BCUT2D eigenvalue weighted by Crippen LogP contribution is -2.12. The van der Waals surface area contributed by atoms with Gasteiger partial charge in [-0.3, -0.25) is 0 Å². The number of rotatable bonds is 2. The van der Waals surface area contributed by atoms with Crippen molar-refractivity contribution in [3.05, 3.63) is 40.1 Å². The van der Waals surface area contributed by atoms with E-state index in [0.29, 0.717) is 10.7 Å². The van der Waals surface area contributed by atoms with Crippen LogP contribution < -0.4 is 5.32 Å². The van der Waals surface area contributed by atoms with Crippen LogP contribution in [-0.2, 0) is 5.41 Å². The molecule has 1 aromatic rings. The molecule has 100 valence electrons. The van der Waals surface area contributed by atoms with Crippen LogP contribution in [0.4, 0.5) is 5.69 Å². The second kappa shape index (κ2) is 6.11. The average molecular weight is 285 g/mol. The Labute approximate surface area is 123 Å². The van der Waals surface area contributed by atoms with Gasteiger partial charge in [-0.05, 0) is 23.1 Å². The normalized spacial score (nSPS) is 9.85. The Morgan fingerprint density at radius 1 is 1.10 bits per heavy atom. The van der Waals surface area contributed by atoms with Crippen molar-refractivity contribution < 1.29 is 0 Å². The van der Waals surface area contributed by atoms with E-state index in [9.17, 15) is 0 Å². The van der Waals surface area contributed by atoms with Crippen LogP contribution in [0.1, 0.15) is 26.3 Å². The predicted molar refractivity (Wildman–Crippen MR) is 77.6 cm³/mol. The molecule has 0 radical (unpaired) electrons. The molecule has 0 aliphatic carbocycles. The lowest BCUT2D eigenvalue weighted by molar-refractivity contribution is 0.590. The monoisotopic (exact) mass is 284 g/mol. The number of hydrogen-bond donors (Lipinski definition) is 1. The van der Waals surface area contributed by atoms with Crippen molar-refractivity contribution in [2.45, 2.75) is 26.2 Å². The van der Waals surface area contributed by atoms with Crippen LogP contribution in [0.5, 0.6) is 0 Å². The first kappa shape index (κ1) is 15.6. The van der Waals surface area contributed by atoms with E-state index in [0.717, 1.165) is 5.56 Å². The van der Waals surface area contributed by atoms with E-state index in [1.54, 1.807) is 24.3 Å². The molecule has 0 aromatic heterocycles. The highest BCUT2D eigenvalue weighted by molar-refractivity contribution is 6.33. The number of benzene rings is 1. The zero-order valence-corrected chi connectivity index (χ0v) is 12.2. The lowest BCUT2D eigenvalue weighted by atomic mass is 9.87. The Balaban J connectivity index is 3.30. The first-order valence-electron chi connectivity index (χ1n) is 5.85. The van der Waals surface area contributed by atoms with E-state index < -0.39 is 0 Å². The number of nitriles is 3. The number of anilines is 1. The van der Waals surface area contributed by atoms with E-state index in [4.69, 9.17) is 27.4 Å². The quantitative estimate of drug-likeness (QED) is 0.835. The highest BCUT2D eigenvalue weighted by Gasteiger charge is 2.16. The summed E-state index contributed by atoms with van der Waals surface area (Å²) in [4.78, 5) is 0. The molecule has 0 atom stereocenters. The van der Waals surface area contributed by atoms with Crippen molar-refractivity contribution in [2.24, 2.45) is 0 Å². The maximum Gasteiger partial charge on any atom is 0.163 e. The van der Waals surface area contributed by atoms with Gasteiger partial charge in [-0.15, -0.1) is 0 Å². The third kappa shape index (κ3) is 3.51. The molecule has 0 saturated heterocycles. The summed E-state index contributed by atoms with van der Waals surface area (Å²) in [6.07, 6.45) is 0. The first-order valence-corrected chi connectivity index (χ1v) is 6.23. The minimum atomic E-state index is -0.273. The Hall–Kier alpha value is -2.48. The molecule has 0 fully saturated rings. The second-order valence-corrected chi connectivity index (χ2v) is 5.56. The van der Waals surface area contributed by atoms with Gasteiger partial charge >= 0.3 is 0 Å². The van der Waals surface area contributed by atoms with Crippen LogP contribution >= 0.6 is 11.6 Å². The Bertz CT molecular complexity index is 660. The predicted octanol–water partition coefficient (Wildman–Crippen LogP) is 3.87. The fourth-order valence-corrected chi connectivity index (χ4v) is 1.67. The number of halogens is 1. The van der Waals surface area contributed by atoms with Crippen molar-refractivity contribution in [1.82, 2.24) is 0 Å². The molecule has 20 heavy (non-hydrogen) atoms. The smallest absolute Gasteiger partial charge is 0.163 e. The molecule has 0 aliphatic rings. The van der Waals surface area contributed by atoms with E-state index in [-0.39, 0.29) is 16.7 Å². The summed E-state index contributed by atoms with van der Waals surface area (Å²) in [5.41, 5.74) is 1.06. The summed E-state index contributed by atoms with van der Waals surface area (Å²) in [6.45, 7) is 6.16. The number of nitrogens with one attached hydrogen (secondary N) is 1. The van der Waals surface area contributed by atoms with E-state index in [1.165, 1.54) is 0 Å². The van der Waals surface area contributed by atoms with Crippen LogP contribution in [0.25, 0.3) is 0 Å². The lowest BCUT2D eigenvalue weighted by Gasteiger charge is -2.20. The number of hydrogen-bond acceptors (Lipinski definition) is 4. The first-order chi connectivity index (χ1) is 9.33. The average Bonchev–Trinajstić information content (AvgIpc) is 2.39. The Morgan fingerprint density at radius 3 is 2.15 bits per heavy atom. The van der Waals surface area contributed by atoms with Gasteiger partial charge in [0.1, 0.15) is 23.9 Å². The molecular weight excluding hydrogens is 272 g/mol. The van der Waals surface area contributed by atoms with Gasteiger partial charge in [-0.2, -0.15) is 15.8 Å². The van der Waals surface area contributed by atoms with Crippen LogP contribution in [0, 0.1) is 34.0 Å². The third-order valence-electron chi connectivity index (χ3n) is 2.68. The Morgan fingerprint density at radius 2 is 1.70 bits per heavy atom. The van der Waals surface area contributed by atoms with Crippen molar-refractivity contribution in [3.63, 3.8) is 0 Å². The van der Waals surface area contributed by atoms with Gasteiger partial charge in [0.15, 0.2) is 5.57 Å². The topological polar surface area (TPSA) is 83.4 Å². The van der Waals surface area contributed by atoms with E-state index in [2.05, 4.69) is 26.1 Å². The summed E-state index contributed by atoms with van der Waals surface area (Å²) >= 11 is 6.08. The molecule has 1 aromatic carbocycles. The highest BCUT2D eigenvalue weighted by Crippen LogP contribution is 2.30. The van der Waals surface area contributed by atoms with Gasteiger partial charge in [0.25, 0.3) is 0 Å². The second-order valence-electron chi connectivity index (χ2n) is 5.16. The van der Waals surface area contributed by atoms with Crippen LogP contribution in [0.2, 0.25) is 5.02 Å². The Kier molecular flexibility index (Phi) is 4.76. The zero-order valence-electron chi connectivity index (χ0n) is 11.5. The van der Waals surface area contributed by atoms with Crippen molar-refractivity contribution in [2.75, 3.05) is 5.32 Å². The van der Waals surface area contributed by atoms with Gasteiger partial charge in [0.05, 0.1) is 10.7 Å². The summed E-state index contributed by atoms with van der Waals surface area (Å²) in [5, 5.41) is 29.8. The van der Waals surface area contributed by atoms with Crippen molar-refractivity contribution in [1.29, 1.82) is 15.8 Å².